The van der Waals surface area contributed by atoms with Crippen LogP contribution >= 0.6 is 0 Å². The maximum absolute atomic E-state index is 12.0. The Morgan fingerprint density at radius 1 is 1.50 bits per heavy atom. The number of carbonyl (C=O) groups is 1. The van der Waals surface area contributed by atoms with Crippen LogP contribution in [-0.4, -0.2) is 11.7 Å². The van der Waals surface area contributed by atoms with Crippen molar-refractivity contribution in [3.63, 3.8) is 0 Å². The van der Waals surface area contributed by atoms with Crippen molar-refractivity contribution in [3.8, 4) is 0 Å². The van der Waals surface area contributed by atoms with Crippen molar-refractivity contribution < 1.29 is 13.6 Å². The standard InChI is InChI=1S/C5H6F2O/c6-5(7)3-1-2-4(5)8/h1-3H2. The third-order valence-corrected chi connectivity index (χ3v) is 1.30. The molecule has 0 heterocycles. The monoisotopic (exact) mass is 120 g/mol. The summed E-state index contributed by atoms with van der Waals surface area (Å²) in [6.45, 7) is 0. The molecule has 0 aromatic heterocycles. The molecule has 0 aromatic rings. The van der Waals surface area contributed by atoms with Crippen molar-refractivity contribution in [1.29, 1.82) is 0 Å². The number of hydrogen-bond donors (Lipinski definition) is 0. The van der Waals surface area contributed by atoms with Crippen molar-refractivity contribution in [2.45, 2.75) is 25.2 Å². The van der Waals surface area contributed by atoms with E-state index in [4.69, 9.17) is 0 Å². The fourth-order valence-corrected chi connectivity index (χ4v) is 0.793. The first-order valence-electron chi connectivity index (χ1n) is 2.54. The highest BCUT2D eigenvalue weighted by molar-refractivity contribution is 5.87. The van der Waals surface area contributed by atoms with Gasteiger partial charge in [-0.15, -0.1) is 0 Å². The predicted octanol–water partition coefficient (Wildman–Crippen LogP) is 1.37. The lowest BCUT2D eigenvalue weighted by molar-refractivity contribution is -0.138. The van der Waals surface area contributed by atoms with Gasteiger partial charge in [0.05, 0.1) is 0 Å². The largest absolute Gasteiger partial charge is 0.305 e. The van der Waals surface area contributed by atoms with Crippen LogP contribution in [0.1, 0.15) is 19.3 Å². The fraction of sp³-hybridized carbons (Fsp3) is 0.800. The molecule has 1 aliphatic rings. The Hall–Kier alpha value is -0.470. The molecular formula is C5H6F2O. The normalized spacial score (nSPS) is 26.5. The number of rotatable bonds is 0. The lowest BCUT2D eigenvalue weighted by Gasteiger charge is -2.01. The first-order valence-corrected chi connectivity index (χ1v) is 2.54. The molecule has 0 spiro atoms. The SMILES string of the molecule is O=C1CCCC1(F)F. The molecule has 0 radical (unpaired) electrons. The predicted molar refractivity (Wildman–Crippen MR) is 23.8 cm³/mol. The second kappa shape index (κ2) is 1.50. The number of ketones is 1. The molecule has 1 rings (SSSR count). The van der Waals surface area contributed by atoms with Crippen LogP contribution in [0.2, 0.25) is 0 Å². The first kappa shape index (κ1) is 5.66. The summed E-state index contributed by atoms with van der Waals surface area (Å²) >= 11 is 0. The van der Waals surface area contributed by atoms with Crippen LogP contribution in [-0.2, 0) is 4.79 Å². The number of halogens is 2. The molecule has 1 fully saturated rings. The van der Waals surface area contributed by atoms with Crippen molar-refractivity contribution >= 4 is 5.78 Å². The number of carbonyl (C=O) groups excluding carboxylic acids is 1. The molecule has 0 saturated heterocycles. The van der Waals surface area contributed by atoms with Crippen LogP contribution < -0.4 is 0 Å². The van der Waals surface area contributed by atoms with Crippen LogP contribution in [0.3, 0.4) is 0 Å². The summed E-state index contributed by atoms with van der Waals surface area (Å²) in [5, 5.41) is 0. The summed E-state index contributed by atoms with van der Waals surface area (Å²) in [5.41, 5.74) is 0. The maximum atomic E-state index is 12.0. The van der Waals surface area contributed by atoms with Gasteiger partial charge in [0, 0.05) is 12.8 Å². The average Bonchev–Trinajstić information content (AvgIpc) is 1.86. The lowest BCUT2D eigenvalue weighted by Crippen LogP contribution is -2.20. The number of hydrogen-bond acceptors (Lipinski definition) is 1. The Morgan fingerprint density at radius 2 is 2.12 bits per heavy atom. The molecule has 0 unspecified atom stereocenters. The zero-order valence-corrected chi connectivity index (χ0v) is 4.29. The highest BCUT2D eigenvalue weighted by Crippen LogP contribution is 2.30. The van der Waals surface area contributed by atoms with Crippen LogP contribution in [0, 0.1) is 0 Å². The minimum absolute atomic E-state index is 0.0625. The van der Waals surface area contributed by atoms with Gasteiger partial charge in [-0.2, -0.15) is 8.78 Å². The molecule has 0 atom stereocenters. The molecule has 1 nitrogen and oxygen atoms in total. The van der Waals surface area contributed by atoms with Gasteiger partial charge in [0.25, 0.3) is 0 Å². The van der Waals surface area contributed by atoms with Crippen molar-refractivity contribution in [2.24, 2.45) is 0 Å². The topological polar surface area (TPSA) is 17.1 Å². The van der Waals surface area contributed by atoms with E-state index in [9.17, 15) is 13.6 Å². The molecular weight excluding hydrogens is 114 g/mol. The second-order valence-electron chi connectivity index (χ2n) is 1.98. The zero-order chi connectivity index (χ0) is 6.20. The van der Waals surface area contributed by atoms with E-state index < -0.39 is 11.7 Å². The quantitative estimate of drug-likeness (QED) is 0.472. The molecule has 0 N–H and O–H groups in total. The fourth-order valence-electron chi connectivity index (χ4n) is 0.793. The Labute approximate surface area is 45.7 Å². The van der Waals surface area contributed by atoms with E-state index >= 15 is 0 Å². The molecule has 8 heavy (non-hydrogen) atoms. The van der Waals surface area contributed by atoms with E-state index in [0.29, 0.717) is 6.42 Å². The van der Waals surface area contributed by atoms with Gasteiger partial charge < -0.3 is 0 Å². The van der Waals surface area contributed by atoms with Gasteiger partial charge in [0.2, 0.25) is 5.78 Å². The summed E-state index contributed by atoms with van der Waals surface area (Å²) in [4.78, 5) is 10.1. The van der Waals surface area contributed by atoms with Gasteiger partial charge in [-0.1, -0.05) is 0 Å². The van der Waals surface area contributed by atoms with Gasteiger partial charge in [0.1, 0.15) is 0 Å². The number of alkyl halides is 2. The van der Waals surface area contributed by atoms with E-state index in [1.54, 1.807) is 0 Å². The third kappa shape index (κ3) is 0.723. The Balaban J connectivity index is 2.68. The van der Waals surface area contributed by atoms with Crippen molar-refractivity contribution in [2.75, 3.05) is 0 Å². The Kier molecular flexibility index (Phi) is 1.06. The summed E-state index contributed by atoms with van der Waals surface area (Å²) in [6.07, 6.45) is 0.171. The Morgan fingerprint density at radius 3 is 2.25 bits per heavy atom. The van der Waals surface area contributed by atoms with E-state index in [0.717, 1.165) is 0 Å². The summed E-state index contributed by atoms with van der Waals surface area (Å²) in [6, 6.07) is 0. The minimum Gasteiger partial charge on any atom is -0.293 e. The van der Waals surface area contributed by atoms with Crippen LogP contribution in [0.15, 0.2) is 0 Å². The van der Waals surface area contributed by atoms with Crippen molar-refractivity contribution in [3.05, 3.63) is 0 Å². The van der Waals surface area contributed by atoms with Crippen LogP contribution in [0.4, 0.5) is 8.78 Å². The van der Waals surface area contributed by atoms with Gasteiger partial charge in [0.15, 0.2) is 0 Å². The molecule has 1 saturated carbocycles. The van der Waals surface area contributed by atoms with Gasteiger partial charge >= 0.3 is 5.92 Å². The molecule has 46 valence electrons. The lowest BCUT2D eigenvalue weighted by atomic mass is 10.3. The Bertz CT molecular complexity index is 120. The van der Waals surface area contributed by atoms with Gasteiger partial charge in [-0.05, 0) is 6.42 Å². The molecule has 1 aliphatic carbocycles. The zero-order valence-electron chi connectivity index (χ0n) is 4.29. The summed E-state index contributed by atoms with van der Waals surface area (Å²) in [5.74, 6) is -3.88. The molecule has 0 aliphatic heterocycles. The average molecular weight is 120 g/mol. The van der Waals surface area contributed by atoms with Crippen LogP contribution in [0.25, 0.3) is 0 Å². The van der Waals surface area contributed by atoms with E-state index in [1.807, 2.05) is 0 Å². The molecule has 0 aromatic carbocycles. The maximum Gasteiger partial charge on any atom is 0.305 e. The first-order chi connectivity index (χ1) is 3.63. The molecule has 0 amide bonds. The van der Waals surface area contributed by atoms with Gasteiger partial charge in [-0.25, -0.2) is 0 Å². The van der Waals surface area contributed by atoms with Crippen molar-refractivity contribution in [1.82, 2.24) is 0 Å². The minimum atomic E-state index is -2.99. The molecule has 3 heteroatoms. The van der Waals surface area contributed by atoms with E-state index in [2.05, 4.69) is 0 Å². The molecule has 0 bridgehead atoms. The summed E-state index contributed by atoms with van der Waals surface area (Å²) < 4.78 is 24.0. The highest BCUT2D eigenvalue weighted by Gasteiger charge is 2.42. The highest BCUT2D eigenvalue weighted by atomic mass is 19.3. The summed E-state index contributed by atoms with van der Waals surface area (Å²) in [7, 11) is 0. The van der Waals surface area contributed by atoms with Gasteiger partial charge in [-0.3, -0.25) is 4.79 Å². The second-order valence-corrected chi connectivity index (χ2v) is 1.98. The van der Waals surface area contributed by atoms with Crippen LogP contribution in [0.5, 0.6) is 0 Å². The van der Waals surface area contributed by atoms with E-state index in [1.165, 1.54) is 0 Å². The smallest absolute Gasteiger partial charge is 0.293 e. The number of Topliss-reactive ketones (excluding diaryl/α,β-unsaturated/α-hetero) is 1. The van der Waals surface area contributed by atoms with E-state index in [-0.39, 0.29) is 12.8 Å². The third-order valence-electron chi connectivity index (χ3n) is 1.30.